The molecule has 0 aliphatic heterocycles. The Labute approximate surface area is 69.2 Å². The Balaban J connectivity index is 4.23. The summed E-state index contributed by atoms with van der Waals surface area (Å²) in [4.78, 5) is 0. The topological polar surface area (TPSA) is 40.5 Å². The summed E-state index contributed by atoms with van der Waals surface area (Å²) in [5, 5.41) is 18.6. The lowest BCUT2D eigenvalue weighted by atomic mass is 9.79. The van der Waals surface area contributed by atoms with Gasteiger partial charge in [0.2, 0.25) is 0 Å². The average molecular weight is 160 g/mol. The van der Waals surface area contributed by atoms with E-state index in [0.29, 0.717) is 5.92 Å². The summed E-state index contributed by atoms with van der Waals surface area (Å²) in [5.74, 6) is 0.606. The molecule has 0 heterocycles. The summed E-state index contributed by atoms with van der Waals surface area (Å²) < 4.78 is 0. The van der Waals surface area contributed by atoms with Gasteiger partial charge in [-0.3, -0.25) is 0 Å². The zero-order valence-electron chi connectivity index (χ0n) is 7.96. The van der Waals surface area contributed by atoms with E-state index in [1.165, 1.54) is 0 Å². The molecule has 11 heavy (non-hydrogen) atoms. The molecule has 0 rings (SSSR count). The van der Waals surface area contributed by atoms with Crippen LogP contribution in [0.3, 0.4) is 0 Å². The highest BCUT2D eigenvalue weighted by molar-refractivity contribution is 4.82. The lowest BCUT2D eigenvalue weighted by molar-refractivity contribution is -0.0628. The minimum atomic E-state index is -0.914. The van der Waals surface area contributed by atoms with Gasteiger partial charge < -0.3 is 10.2 Å². The highest BCUT2D eigenvalue weighted by Crippen LogP contribution is 2.27. The first-order valence-electron chi connectivity index (χ1n) is 4.29. The highest BCUT2D eigenvalue weighted by atomic mass is 16.3. The van der Waals surface area contributed by atoms with Gasteiger partial charge in [-0.05, 0) is 18.8 Å². The van der Waals surface area contributed by atoms with Gasteiger partial charge >= 0.3 is 0 Å². The van der Waals surface area contributed by atoms with Crippen LogP contribution in [0.1, 0.15) is 34.1 Å². The van der Waals surface area contributed by atoms with E-state index < -0.39 is 5.60 Å². The highest BCUT2D eigenvalue weighted by Gasteiger charge is 2.31. The third-order valence-electron chi connectivity index (χ3n) is 2.36. The second-order valence-electron chi connectivity index (χ2n) is 3.77. The number of aliphatic hydroxyl groups is 2. The third kappa shape index (κ3) is 2.80. The largest absolute Gasteiger partial charge is 0.393 e. The lowest BCUT2D eigenvalue weighted by Gasteiger charge is -2.33. The number of aliphatic hydroxyl groups excluding tert-OH is 1. The van der Waals surface area contributed by atoms with Crippen molar-refractivity contribution in [3.8, 4) is 0 Å². The zero-order valence-corrected chi connectivity index (χ0v) is 7.96. The summed E-state index contributed by atoms with van der Waals surface area (Å²) in [6.07, 6.45) is 0.908. The molecule has 2 nitrogen and oxygen atoms in total. The average Bonchev–Trinajstić information content (AvgIpc) is 1.88. The standard InChI is InChI=1S/C9H20O2/c1-5-8(7(2)3)9(4,11)6-10/h7-8,10-11H,5-6H2,1-4H3/t8-,9+/m1/s1. The molecule has 0 aromatic carbocycles. The molecule has 0 saturated carbocycles. The van der Waals surface area contributed by atoms with Gasteiger partial charge in [-0.25, -0.2) is 0 Å². The maximum atomic E-state index is 9.70. The monoisotopic (exact) mass is 160 g/mol. The van der Waals surface area contributed by atoms with Crippen LogP contribution in [-0.2, 0) is 0 Å². The second kappa shape index (κ2) is 4.07. The van der Waals surface area contributed by atoms with Gasteiger partial charge in [0.25, 0.3) is 0 Å². The molecular formula is C9H20O2. The predicted molar refractivity (Wildman–Crippen MR) is 46.3 cm³/mol. The van der Waals surface area contributed by atoms with Crippen LogP contribution < -0.4 is 0 Å². The van der Waals surface area contributed by atoms with Gasteiger partial charge in [0.15, 0.2) is 0 Å². The van der Waals surface area contributed by atoms with Crippen molar-refractivity contribution in [2.75, 3.05) is 6.61 Å². The van der Waals surface area contributed by atoms with E-state index in [1.54, 1.807) is 6.92 Å². The van der Waals surface area contributed by atoms with Crippen molar-refractivity contribution in [2.24, 2.45) is 11.8 Å². The van der Waals surface area contributed by atoms with Crippen LogP contribution in [0.2, 0.25) is 0 Å². The van der Waals surface area contributed by atoms with Gasteiger partial charge in [0.05, 0.1) is 12.2 Å². The summed E-state index contributed by atoms with van der Waals surface area (Å²) in [6.45, 7) is 7.72. The van der Waals surface area contributed by atoms with Crippen molar-refractivity contribution in [1.82, 2.24) is 0 Å². The molecule has 0 bridgehead atoms. The molecule has 0 fully saturated rings. The number of hydrogen-bond acceptors (Lipinski definition) is 2. The van der Waals surface area contributed by atoms with Crippen LogP contribution in [0.4, 0.5) is 0 Å². The summed E-state index contributed by atoms with van der Waals surface area (Å²) in [5.41, 5.74) is -0.914. The lowest BCUT2D eigenvalue weighted by Crippen LogP contribution is -2.40. The van der Waals surface area contributed by atoms with Crippen LogP contribution in [0.25, 0.3) is 0 Å². The molecule has 0 unspecified atom stereocenters. The quantitative estimate of drug-likeness (QED) is 0.653. The normalized spacial score (nSPS) is 19.9. The molecule has 2 heteroatoms. The number of hydrogen-bond donors (Lipinski definition) is 2. The first-order chi connectivity index (χ1) is 4.95. The van der Waals surface area contributed by atoms with E-state index in [2.05, 4.69) is 13.8 Å². The minimum Gasteiger partial charge on any atom is -0.393 e. The summed E-state index contributed by atoms with van der Waals surface area (Å²) in [7, 11) is 0. The molecule has 0 aliphatic carbocycles. The summed E-state index contributed by atoms with van der Waals surface area (Å²) in [6, 6.07) is 0. The Hall–Kier alpha value is -0.0800. The number of rotatable bonds is 4. The molecule has 2 atom stereocenters. The van der Waals surface area contributed by atoms with Crippen LogP contribution >= 0.6 is 0 Å². The van der Waals surface area contributed by atoms with Crippen LogP contribution in [0, 0.1) is 11.8 Å². The smallest absolute Gasteiger partial charge is 0.0879 e. The van der Waals surface area contributed by atoms with Crippen molar-refractivity contribution < 1.29 is 10.2 Å². The van der Waals surface area contributed by atoms with Crippen molar-refractivity contribution in [3.05, 3.63) is 0 Å². The van der Waals surface area contributed by atoms with Gasteiger partial charge in [0.1, 0.15) is 0 Å². The van der Waals surface area contributed by atoms with Crippen molar-refractivity contribution >= 4 is 0 Å². The molecule has 0 radical (unpaired) electrons. The molecule has 2 N–H and O–H groups in total. The fourth-order valence-corrected chi connectivity index (χ4v) is 1.75. The molecule has 0 amide bonds. The Kier molecular flexibility index (Phi) is 4.04. The zero-order chi connectivity index (χ0) is 9.07. The fourth-order valence-electron chi connectivity index (χ4n) is 1.75. The van der Waals surface area contributed by atoms with Gasteiger partial charge in [0, 0.05) is 0 Å². The third-order valence-corrected chi connectivity index (χ3v) is 2.36. The Morgan fingerprint density at radius 1 is 1.36 bits per heavy atom. The Bertz CT molecular complexity index is 108. The van der Waals surface area contributed by atoms with E-state index in [0.717, 1.165) is 6.42 Å². The van der Waals surface area contributed by atoms with Crippen molar-refractivity contribution in [1.29, 1.82) is 0 Å². The molecule has 0 aromatic rings. The van der Waals surface area contributed by atoms with Gasteiger partial charge in [-0.15, -0.1) is 0 Å². The van der Waals surface area contributed by atoms with Crippen LogP contribution in [0.15, 0.2) is 0 Å². The van der Waals surface area contributed by atoms with E-state index in [4.69, 9.17) is 5.11 Å². The second-order valence-corrected chi connectivity index (χ2v) is 3.77. The summed E-state index contributed by atoms with van der Waals surface area (Å²) >= 11 is 0. The van der Waals surface area contributed by atoms with Gasteiger partial charge in [-0.1, -0.05) is 27.2 Å². The molecule has 0 spiro atoms. The van der Waals surface area contributed by atoms with E-state index >= 15 is 0 Å². The van der Waals surface area contributed by atoms with Crippen LogP contribution in [-0.4, -0.2) is 22.4 Å². The van der Waals surface area contributed by atoms with Crippen LogP contribution in [0.5, 0.6) is 0 Å². The van der Waals surface area contributed by atoms with E-state index in [1.807, 2.05) is 6.92 Å². The Morgan fingerprint density at radius 2 is 1.82 bits per heavy atom. The molecule has 68 valence electrons. The molecule has 0 aliphatic rings. The van der Waals surface area contributed by atoms with E-state index in [-0.39, 0.29) is 12.5 Å². The SMILES string of the molecule is CC[C@H](C(C)C)[C@@](C)(O)CO. The Morgan fingerprint density at radius 3 is 1.91 bits per heavy atom. The first kappa shape index (κ1) is 10.9. The molecular weight excluding hydrogens is 140 g/mol. The minimum absolute atomic E-state index is 0.149. The van der Waals surface area contributed by atoms with Crippen molar-refractivity contribution in [3.63, 3.8) is 0 Å². The molecule has 0 saturated heterocycles. The first-order valence-corrected chi connectivity index (χ1v) is 4.29. The van der Waals surface area contributed by atoms with Crippen molar-refractivity contribution in [2.45, 2.75) is 39.7 Å². The maximum absolute atomic E-state index is 9.70. The predicted octanol–water partition coefficient (Wildman–Crippen LogP) is 1.41. The fraction of sp³-hybridized carbons (Fsp3) is 1.00. The van der Waals surface area contributed by atoms with Gasteiger partial charge in [-0.2, -0.15) is 0 Å². The maximum Gasteiger partial charge on any atom is 0.0879 e. The molecule has 0 aromatic heterocycles. The van der Waals surface area contributed by atoms with E-state index in [9.17, 15) is 5.11 Å².